The van der Waals surface area contributed by atoms with E-state index in [1.54, 1.807) is 5.38 Å². The summed E-state index contributed by atoms with van der Waals surface area (Å²) in [6.07, 6.45) is 0.617. The number of rotatable bonds is 6. The smallest absolute Gasteiger partial charge is 0.336 e. The van der Waals surface area contributed by atoms with Crippen molar-refractivity contribution in [3.05, 3.63) is 63.5 Å². The van der Waals surface area contributed by atoms with Crippen molar-refractivity contribution in [3.8, 4) is 0 Å². The lowest BCUT2D eigenvalue weighted by atomic mass is 9.82. The summed E-state index contributed by atoms with van der Waals surface area (Å²) in [6, 6.07) is 5.14. The molecular formula is C22H21F3N4O4S. The Morgan fingerprint density at radius 3 is 2.44 bits per heavy atom. The molecule has 0 bridgehead atoms. The zero-order valence-electron chi connectivity index (χ0n) is 18.2. The minimum atomic E-state index is -3.27. The minimum absolute atomic E-state index is 0.00435. The molecule has 3 N–H and O–H groups in total. The number of carboxylic acid groups (broad SMARTS) is 2. The van der Waals surface area contributed by atoms with Crippen LogP contribution in [0.25, 0.3) is 0 Å². The first-order valence-corrected chi connectivity index (χ1v) is 11.1. The Hall–Kier alpha value is -3.25. The maximum Gasteiger partial charge on any atom is 0.336 e. The Labute approximate surface area is 196 Å². The average Bonchev–Trinajstić information content (AvgIpc) is 3.34. The van der Waals surface area contributed by atoms with Crippen molar-refractivity contribution < 1.29 is 33.0 Å². The van der Waals surface area contributed by atoms with Crippen LogP contribution in [0.5, 0.6) is 0 Å². The predicted molar refractivity (Wildman–Crippen MR) is 117 cm³/mol. The summed E-state index contributed by atoms with van der Waals surface area (Å²) in [5.41, 5.74) is -3.35. The van der Waals surface area contributed by atoms with Crippen LogP contribution in [0.3, 0.4) is 0 Å². The number of nitrogens with zero attached hydrogens (tertiary/aromatic N) is 3. The summed E-state index contributed by atoms with van der Waals surface area (Å²) in [6.45, 7) is 1.44. The second-order valence-electron chi connectivity index (χ2n) is 8.63. The van der Waals surface area contributed by atoms with Crippen molar-refractivity contribution in [2.45, 2.75) is 37.3 Å². The molecule has 180 valence electrons. The molecule has 0 saturated carbocycles. The zero-order valence-corrected chi connectivity index (χ0v) is 19.0. The van der Waals surface area contributed by atoms with Gasteiger partial charge in [0.05, 0.1) is 12.1 Å². The maximum atomic E-state index is 14.3. The van der Waals surface area contributed by atoms with Crippen LogP contribution in [0.15, 0.2) is 52.1 Å². The minimum Gasteiger partial charge on any atom is -0.480 e. The number of carboxylic acids is 2. The molecule has 2 aliphatic heterocycles. The first-order valence-electron chi connectivity index (χ1n) is 10.2. The van der Waals surface area contributed by atoms with Gasteiger partial charge in [-0.3, -0.25) is 9.69 Å². The molecule has 1 aromatic heterocycles. The highest BCUT2D eigenvalue weighted by molar-refractivity contribution is 7.11. The third-order valence-corrected chi connectivity index (χ3v) is 6.96. The topological polar surface area (TPSA) is 115 Å². The van der Waals surface area contributed by atoms with E-state index in [0.717, 1.165) is 4.90 Å². The summed E-state index contributed by atoms with van der Waals surface area (Å²) in [4.78, 5) is 34.2. The molecule has 8 nitrogen and oxygen atoms in total. The van der Waals surface area contributed by atoms with Crippen LogP contribution in [0.4, 0.5) is 13.2 Å². The third kappa shape index (κ3) is 4.07. The van der Waals surface area contributed by atoms with Gasteiger partial charge >= 0.3 is 11.9 Å². The van der Waals surface area contributed by atoms with E-state index in [1.165, 1.54) is 55.6 Å². The maximum absolute atomic E-state index is 14.3. The Morgan fingerprint density at radius 2 is 1.88 bits per heavy atom. The highest BCUT2D eigenvalue weighted by Gasteiger charge is 2.57. The second-order valence-corrected chi connectivity index (χ2v) is 9.52. The first-order chi connectivity index (χ1) is 15.9. The molecule has 2 aliphatic rings. The summed E-state index contributed by atoms with van der Waals surface area (Å²) >= 11 is 1.22. The van der Waals surface area contributed by atoms with E-state index in [9.17, 15) is 33.0 Å². The number of hydrogen-bond donors (Lipinski definition) is 3. The van der Waals surface area contributed by atoms with Gasteiger partial charge in [-0.25, -0.2) is 27.9 Å². The van der Waals surface area contributed by atoms with Crippen LogP contribution < -0.4 is 5.32 Å². The van der Waals surface area contributed by atoms with E-state index >= 15 is 0 Å². The number of alkyl halides is 2. The van der Waals surface area contributed by atoms with Crippen molar-refractivity contribution >= 4 is 29.1 Å². The fraction of sp³-hybridized carbons (Fsp3) is 0.364. The number of carbonyl (C=O) groups is 2. The average molecular weight is 494 g/mol. The molecule has 0 aliphatic carbocycles. The third-order valence-electron chi connectivity index (χ3n) is 6.18. The van der Waals surface area contributed by atoms with Crippen LogP contribution in [-0.4, -0.2) is 62.4 Å². The Kier molecular flexibility index (Phi) is 5.76. The number of hydrogen-bond acceptors (Lipinski definition) is 7. The molecule has 2 atom stereocenters. The standard InChI is InChI=1S/C22H21F3N4O4S/c1-20(19(32)33)10-22(24,25)11-29(20)9-14-15(18(30)31)21(2,12-3-5-13(23)6-4-12)28-16(27-14)17-26-7-8-34-17/h3-8H,9-11H2,1-2H3,(H,27,28)(H,30,31)(H,32,33)/t20-,21-/m0/s1. The van der Waals surface area contributed by atoms with Crippen molar-refractivity contribution in [2.24, 2.45) is 4.99 Å². The monoisotopic (exact) mass is 494 g/mol. The van der Waals surface area contributed by atoms with Gasteiger partial charge in [0, 0.05) is 30.2 Å². The summed E-state index contributed by atoms with van der Waals surface area (Å²) < 4.78 is 42.2. The molecule has 4 rings (SSSR count). The number of amidine groups is 1. The van der Waals surface area contributed by atoms with Gasteiger partial charge in [-0.15, -0.1) is 11.3 Å². The van der Waals surface area contributed by atoms with E-state index < -0.39 is 54.3 Å². The number of nitrogens with one attached hydrogen (secondary N) is 1. The van der Waals surface area contributed by atoms with Gasteiger partial charge in [0.1, 0.15) is 16.9 Å². The Balaban J connectivity index is 1.87. The first kappa shape index (κ1) is 23.9. The molecule has 12 heteroatoms. The van der Waals surface area contributed by atoms with E-state index in [-0.39, 0.29) is 17.1 Å². The van der Waals surface area contributed by atoms with E-state index in [4.69, 9.17) is 0 Å². The van der Waals surface area contributed by atoms with Gasteiger partial charge in [0.2, 0.25) is 0 Å². The Bertz CT molecular complexity index is 1200. The number of halogens is 3. The van der Waals surface area contributed by atoms with Gasteiger partial charge in [0.15, 0.2) is 10.8 Å². The van der Waals surface area contributed by atoms with Crippen LogP contribution in [0, 0.1) is 5.82 Å². The molecular weight excluding hydrogens is 473 g/mol. The number of aromatic nitrogens is 1. The van der Waals surface area contributed by atoms with Crippen LogP contribution in [0.2, 0.25) is 0 Å². The molecule has 0 amide bonds. The number of aliphatic carboxylic acids is 2. The van der Waals surface area contributed by atoms with E-state index in [1.807, 2.05) is 0 Å². The second kappa shape index (κ2) is 8.20. The van der Waals surface area contributed by atoms with Crippen molar-refractivity contribution in [1.82, 2.24) is 15.2 Å². The quantitative estimate of drug-likeness (QED) is 0.565. The van der Waals surface area contributed by atoms with Crippen molar-refractivity contribution in [3.63, 3.8) is 0 Å². The summed E-state index contributed by atoms with van der Waals surface area (Å²) in [5, 5.41) is 24.9. The predicted octanol–water partition coefficient (Wildman–Crippen LogP) is 3.07. The van der Waals surface area contributed by atoms with Gasteiger partial charge in [-0.1, -0.05) is 12.1 Å². The van der Waals surface area contributed by atoms with Crippen molar-refractivity contribution in [2.75, 3.05) is 13.1 Å². The number of thiazole rings is 1. The molecule has 1 fully saturated rings. The molecule has 2 aromatic rings. The number of likely N-dealkylation sites (tertiary alicyclic amines) is 1. The fourth-order valence-corrected chi connectivity index (χ4v) is 5.03. The SMILES string of the molecule is C[C@@]1(C(=O)O)CC(F)(F)CN1CC1=C(C(=O)O)[C@](C)(c2ccc(F)cc2)N=C(c2nccs2)N1. The molecule has 1 aromatic carbocycles. The molecule has 1 saturated heterocycles. The number of aliphatic imine (C=N–C) groups is 1. The lowest BCUT2D eigenvalue weighted by Gasteiger charge is -2.37. The van der Waals surface area contributed by atoms with Crippen LogP contribution >= 0.6 is 11.3 Å². The highest BCUT2D eigenvalue weighted by atomic mass is 32.1. The molecule has 0 unspecified atom stereocenters. The highest BCUT2D eigenvalue weighted by Crippen LogP contribution is 2.42. The van der Waals surface area contributed by atoms with Crippen LogP contribution in [-0.2, 0) is 15.1 Å². The number of benzene rings is 1. The molecule has 34 heavy (non-hydrogen) atoms. The van der Waals surface area contributed by atoms with Gasteiger partial charge in [-0.2, -0.15) is 0 Å². The zero-order chi connectivity index (χ0) is 24.9. The van der Waals surface area contributed by atoms with Gasteiger partial charge < -0.3 is 15.5 Å². The molecule has 0 radical (unpaired) electrons. The largest absolute Gasteiger partial charge is 0.480 e. The van der Waals surface area contributed by atoms with Gasteiger partial charge in [0.25, 0.3) is 5.92 Å². The normalized spacial score (nSPS) is 26.8. The lowest BCUT2D eigenvalue weighted by Crippen LogP contribution is -2.51. The van der Waals surface area contributed by atoms with Crippen LogP contribution in [0.1, 0.15) is 30.8 Å². The molecule has 3 heterocycles. The fourth-order valence-electron chi connectivity index (χ4n) is 4.44. The summed E-state index contributed by atoms with van der Waals surface area (Å²) in [5.74, 6) is -6.40. The van der Waals surface area contributed by atoms with Crippen molar-refractivity contribution in [1.29, 1.82) is 0 Å². The van der Waals surface area contributed by atoms with Gasteiger partial charge in [-0.05, 0) is 31.5 Å². The summed E-state index contributed by atoms with van der Waals surface area (Å²) in [7, 11) is 0. The Morgan fingerprint density at radius 1 is 1.21 bits per heavy atom. The van der Waals surface area contributed by atoms with E-state index in [0.29, 0.717) is 10.6 Å². The van der Waals surface area contributed by atoms with E-state index in [2.05, 4.69) is 15.3 Å². The molecule has 0 spiro atoms. The lowest BCUT2D eigenvalue weighted by molar-refractivity contribution is -0.148.